The van der Waals surface area contributed by atoms with E-state index in [-0.39, 0.29) is 0 Å². The Morgan fingerprint density at radius 1 is 1.54 bits per heavy atom. The van der Waals surface area contributed by atoms with Crippen LogP contribution in [-0.4, -0.2) is 17.2 Å². The summed E-state index contributed by atoms with van der Waals surface area (Å²) in [6, 6.07) is 0.488. The molecule has 1 aliphatic rings. The molecule has 0 amide bonds. The molecule has 0 aliphatic heterocycles. The second-order valence-corrected chi connectivity index (χ2v) is 3.99. The Balaban J connectivity index is 2.42. The molecule has 2 unspecified atom stereocenters. The molecule has 0 bridgehead atoms. The van der Waals surface area contributed by atoms with Gasteiger partial charge >= 0.3 is 0 Å². The third-order valence-corrected chi connectivity index (χ3v) is 3.10. The average Bonchev–Trinajstić information content (AvgIpc) is 2.49. The topological polar surface area (TPSA) is 40.7 Å². The summed E-state index contributed by atoms with van der Waals surface area (Å²) in [5.74, 6) is 0.716. The van der Waals surface area contributed by atoms with Gasteiger partial charge in [-0.2, -0.15) is 5.10 Å². The lowest BCUT2D eigenvalue weighted by Crippen LogP contribution is -2.28. The second kappa shape index (κ2) is 3.14. The van der Waals surface area contributed by atoms with Gasteiger partial charge < -0.3 is 5.32 Å². The monoisotopic (exact) mass is 179 g/mol. The molecule has 0 saturated heterocycles. The minimum absolute atomic E-state index is 0.488. The van der Waals surface area contributed by atoms with Crippen molar-refractivity contribution < 1.29 is 0 Å². The third-order valence-electron chi connectivity index (χ3n) is 3.10. The van der Waals surface area contributed by atoms with Gasteiger partial charge in [0.15, 0.2) is 0 Å². The van der Waals surface area contributed by atoms with Crippen molar-refractivity contribution in [1.29, 1.82) is 0 Å². The van der Waals surface area contributed by atoms with Crippen LogP contribution in [0.1, 0.15) is 36.3 Å². The summed E-state index contributed by atoms with van der Waals surface area (Å²) in [6.45, 7) is 4.41. The van der Waals surface area contributed by atoms with E-state index in [0.29, 0.717) is 12.0 Å². The molecule has 0 spiro atoms. The molecule has 2 N–H and O–H groups in total. The normalized spacial score (nSPS) is 27.3. The number of hydrogen-bond acceptors (Lipinski definition) is 2. The highest BCUT2D eigenvalue weighted by Crippen LogP contribution is 2.34. The van der Waals surface area contributed by atoms with Gasteiger partial charge in [0.05, 0.1) is 5.69 Å². The fraction of sp³-hybridized carbons (Fsp3) is 0.700. The van der Waals surface area contributed by atoms with Crippen molar-refractivity contribution in [2.75, 3.05) is 7.05 Å². The average molecular weight is 179 g/mol. The molecule has 2 rings (SSSR count). The summed E-state index contributed by atoms with van der Waals surface area (Å²) >= 11 is 0. The van der Waals surface area contributed by atoms with Crippen molar-refractivity contribution in [3.63, 3.8) is 0 Å². The zero-order valence-corrected chi connectivity index (χ0v) is 8.52. The van der Waals surface area contributed by atoms with Crippen LogP contribution in [0.4, 0.5) is 0 Å². The first-order chi connectivity index (χ1) is 6.24. The highest BCUT2D eigenvalue weighted by atomic mass is 15.1. The van der Waals surface area contributed by atoms with Gasteiger partial charge in [-0.1, -0.05) is 6.92 Å². The molecule has 72 valence electrons. The molecule has 1 aliphatic carbocycles. The molecule has 0 saturated carbocycles. The van der Waals surface area contributed by atoms with E-state index in [1.807, 2.05) is 7.05 Å². The van der Waals surface area contributed by atoms with Crippen LogP contribution in [0, 0.1) is 12.8 Å². The standard InChI is InChI=1S/C10H17N3/c1-6-4-5-8-9(10(6)11-3)7(2)12-13-8/h6,10-11H,4-5H2,1-3H3,(H,12,13). The van der Waals surface area contributed by atoms with Crippen LogP contribution < -0.4 is 5.32 Å². The van der Waals surface area contributed by atoms with Crippen LogP contribution in [0.3, 0.4) is 0 Å². The Hall–Kier alpha value is -0.830. The number of H-pyrrole nitrogens is 1. The second-order valence-electron chi connectivity index (χ2n) is 3.99. The summed E-state index contributed by atoms with van der Waals surface area (Å²) < 4.78 is 0. The van der Waals surface area contributed by atoms with Crippen LogP contribution >= 0.6 is 0 Å². The van der Waals surface area contributed by atoms with Crippen LogP contribution in [0.5, 0.6) is 0 Å². The SMILES string of the molecule is CNC1c2c(n[nH]c2C)CCC1C. The van der Waals surface area contributed by atoms with Crippen LogP contribution in [0.2, 0.25) is 0 Å². The van der Waals surface area contributed by atoms with Crippen molar-refractivity contribution >= 4 is 0 Å². The lowest BCUT2D eigenvalue weighted by atomic mass is 9.83. The molecular weight excluding hydrogens is 162 g/mol. The first kappa shape index (κ1) is 8.75. The predicted octanol–water partition coefficient (Wildman–Crippen LogP) is 1.56. The fourth-order valence-electron chi connectivity index (χ4n) is 2.34. The lowest BCUT2D eigenvalue weighted by Gasteiger charge is -2.28. The first-order valence-electron chi connectivity index (χ1n) is 4.95. The molecular formula is C10H17N3. The molecule has 2 atom stereocenters. The smallest absolute Gasteiger partial charge is 0.0672 e. The molecule has 3 heteroatoms. The Labute approximate surface area is 78.9 Å². The van der Waals surface area contributed by atoms with Crippen LogP contribution in [0.15, 0.2) is 0 Å². The largest absolute Gasteiger partial charge is 0.313 e. The van der Waals surface area contributed by atoms with Crippen molar-refractivity contribution in [1.82, 2.24) is 15.5 Å². The zero-order chi connectivity index (χ0) is 9.42. The van der Waals surface area contributed by atoms with Gasteiger partial charge in [0, 0.05) is 17.3 Å². The van der Waals surface area contributed by atoms with Gasteiger partial charge in [-0.3, -0.25) is 5.10 Å². The summed E-state index contributed by atoms with van der Waals surface area (Å²) in [4.78, 5) is 0. The maximum absolute atomic E-state index is 4.32. The molecule has 0 aromatic carbocycles. The first-order valence-corrected chi connectivity index (χ1v) is 4.95. The maximum atomic E-state index is 4.32. The van der Waals surface area contributed by atoms with Crippen LogP contribution in [0.25, 0.3) is 0 Å². The van der Waals surface area contributed by atoms with Crippen molar-refractivity contribution in [3.8, 4) is 0 Å². The Kier molecular flexibility index (Phi) is 2.12. The highest BCUT2D eigenvalue weighted by molar-refractivity contribution is 5.31. The Bertz CT molecular complexity index is 303. The number of nitrogens with zero attached hydrogens (tertiary/aromatic N) is 1. The van der Waals surface area contributed by atoms with Gasteiger partial charge in [-0.05, 0) is 32.7 Å². The van der Waals surface area contributed by atoms with E-state index in [4.69, 9.17) is 0 Å². The lowest BCUT2D eigenvalue weighted by molar-refractivity contribution is 0.362. The fourth-order valence-corrected chi connectivity index (χ4v) is 2.34. The molecule has 1 heterocycles. The Morgan fingerprint density at radius 2 is 2.31 bits per heavy atom. The molecule has 1 aromatic rings. The van der Waals surface area contributed by atoms with Gasteiger partial charge in [0.2, 0.25) is 0 Å². The van der Waals surface area contributed by atoms with E-state index in [0.717, 1.165) is 6.42 Å². The number of fused-ring (bicyclic) bond motifs is 1. The Morgan fingerprint density at radius 3 is 3.00 bits per heavy atom. The number of aromatic amines is 1. The van der Waals surface area contributed by atoms with E-state index >= 15 is 0 Å². The minimum Gasteiger partial charge on any atom is -0.313 e. The van der Waals surface area contributed by atoms with E-state index in [1.165, 1.54) is 23.4 Å². The molecule has 0 radical (unpaired) electrons. The van der Waals surface area contributed by atoms with Gasteiger partial charge in [-0.25, -0.2) is 0 Å². The molecule has 0 fully saturated rings. The minimum atomic E-state index is 0.488. The molecule has 1 aromatic heterocycles. The maximum Gasteiger partial charge on any atom is 0.0672 e. The molecule has 13 heavy (non-hydrogen) atoms. The number of hydrogen-bond donors (Lipinski definition) is 2. The van der Waals surface area contributed by atoms with Gasteiger partial charge in [0.1, 0.15) is 0 Å². The van der Waals surface area contributed by atoms with E-state index in [9.17, 15) is 0 Å². The number of nitrogens with one attached hydrogen (secondary N) is 2. The van der Waals surface area contributed by atoms with E-state index < -0.39 is 0 Å². The number of rotatable bonds is 1. The van der Waals surface area contributed by atoms with Crippen LogP contribution in [-0.2, 0) is 6.42 Å². The van der Waals surface area contributed by atoms with Crippen molar-refractivity contribution in [3.05, 3.63) is 17.0 Å². The van der Waals surface area contributed by atoms with Gasteiger partial charge in [-0.15, -0.1) is 0 Å². The van der Waals surface area contributed by atoms with E-state index in [2.05, 4.69) is 29.4 Å². The quantitative estimate of drug-likeness (QED) is 0.687. The van der Waals surface area contributed by atoms with E-state index in [1.54, 1.807) is 0 Å². The number of aryl methyl sites for hydroxylation is 2. The zero-order valence-electron chi connectivity index (χ0n) is 8.52. The third kappa shape index (κ3) is 1.27. The van der Waals surface area contributed by atoms with Gasteiger partial charge in [0.25, 0.3) is 0 Å². The summed E-state index contributed by atoms with van der Waals surface area (Å²) in [5.41, 5.74) is 3.89. The summed E-state index contributed by atoms with van der Waals surface area (Å²) in [5, 5.41) is 10.8. The molecule has 3 nitrogen and oxygen atoms in total. The van der Waals surface area contributed by atoms with Crippen molar-refractivity contribution in [2.45, 2.75) is 32.7 Å². The summed E-state index contributed by atoms with van der Waals surface area (Å²) in [6.07, 6.45) is 2.36. The summed E-state index contributed by atoms with van der Waals surface area (Å²) in [7, 11) is 2.03. The van der Waals surface area contributed by atoms with Crippen molar-refractivity contribution in [2.24, 2.45) is 5.92 Å². The predicted molar refractivity (Wildman–Crippen MR) is 52.6 cm³/mol. The number of aromatic nitrogens is 2. The highest BCUT2D eigenvalue weighted by Gasteiger charge is 2.28.